The lowest BCUT2D eigenvalue weighted by molar-refractivity contribution is -0.440. The van der Waals surface area contributed by atoms with E-state index in [9.17, 15) is 0 Å². The summed E-state index contributed by atoms with van der Waals surface area (Å²) in [5.41, 5.74) is 9.91. The summed E-state index contributed by atoms with van der Waals surface area (Å²) < 4.78 is 15.9. The Labute approximate surface area is 298 Å². The Bertz CT molecular complexity index is 1650. The SMILES string of the molecule is COC(C)CCN1C(=CC=C2CCC(C=CC3=[N+](CCC(C)OC)c4ccc(Br)cc4C3(C)C)=C2Cl)C(C)(C)c2cc(Br)ccc21. The van der Waals surface area contributed by atoms with Gasteiger partial charge in [0.25, 0.3) is 0 Å². The fraction of sp³-hybridized carbons (Fsp3) is 0.462. The fourth-order valence-electron chi connectivity index (χ4n) is 7.00. The minimum Gasteiger partial charge on any atom is -0.382 e. The number of fused-ring (bicyclic) bond motifs is 2. The van der Waals surface area contributed by atoms with Gasteiger partial charge in [-0.2, -0.15) is 4.58 Å². The number of ether oxygens (including phenoxy) is 2. The molecule has 1 aliphatic carbocycles. The maximum Gasteiger partial charge on any atom is 0.209 e. The summed E-state index contributed by atoms with van der Waals surface area (Å²) in [5.74, 6) is 0. The molecule has 4 nitrogen and oxygen atoms in total. The second-order valence-corrected chi connectivity index (χ2v) is 16.1. The molecule has 0 saturated heterocycles. The minimum atomic E-state index is -0.136. The van der Waals surface area contributed by atoms with Crippen LogP contribution in [0.25, 0.3) is 0 Å². The van der Waals surface area contributed by atoms with Gasteiger partial charge in [0.1, 0.15) is 0 Å². The number of anilines is 1. The van der Waals surface area contributed by atoms with E-state index in [2.05, 4.69) is 144 Å². The van der Waals surface area contributed by atoms with Crippen LogP contribution in [0.5, 0.6) is 0 Å². The van der Waals surface area contributed by atoms with Gasteiger partial charge in [0, 0.05) is 75.7 Å². The molecule has 2 heterocycles. The van der Waals surface area contributed by atoms with Crippen molar-refractivity contribution in [2.45, 2.75) is 90.3 Å². The quantitative estimate of drug-likeness (QED) is 0.213. The summed E-state index contributed by atoms with van der Waals surface area (Å²) in [5, 5.41) is 0.875. The van der Waals surface area contributed by atoms with Crippen molar-refractivity contribution in [2.75, 3.05) is 32.2 Å². The van der Waals surface area contributed by atoms with E-state index in [1.807, 2.05) is 0 Å². The molecule has 246 valence electrons. The van der Waals surface area contributed by atoms with Crippen LogP contribution in [0.2, 0.25) is 0 Å². The number of allylic oxidation sites excluding steroid dienone is 8. The molecular weight excluding hydrogens is 724 g/mol. The summed E-state index contributed by atoms with van der Waals surface area (Å²) in [4.78, 5) is 2.47. The van der Waals surface area contributed by atoms with E-state index in [4.69, 9.17) is 21.1 Å². The number of nitrogens with zero attached hydrogens (tertiary/aromatic N) is 2. The van der Waals surface area contributed by atoms with E-state index in [0.29, 0.717) is 0 Å². The van der Waals surface area contributed by atoms with Gasteiger partial charge >= 0.3 is 0 Å². The van der Waals surface area contributed by atoms with Crippen molar-refractivity contribution in [3.63, 3.8) is 0 Å². The first-order valence-electron chi connectivity index (χ1n) is 16.4. The van der Waals surface area contributed by atoms with Gasteiger partial charge in [-0.1, -0.05) is 69.5 Å². The molecule has 46 heavy (non-hydrogen) atoms. The summed E-state index contributed by atoms with van der Waals surface area (Å²) >= 11 is 14.6. The summed E-state index contributed by atoms with van der Waals surface area (Å²) in [6.45, 7) is 15.3. The molecule has 0 bridgehead atoms. The van der Waals surface area contributed by atoms with Crippen LogP contribution in [0, 0.1) is 0 Å². The Morgan fingerprint density at radius 3 is 2.22 bits per heavy atom. The molecule has 0 saturated carbocycles. The third kappa shape index (κ3) is 6.94. The lowest BCUT2D eigenvalue weighted by atomic mass is 9.81. The van der Waals surface area contributed by atoms with Crippen molar-refractivity contribution in [2.24, 2.45) is 0 Å². The summed E-state index contributed by atoms with van der Waals surface area (Å²) in [6.07, 6.45) is 13.3. The van der Waals surface area contributed by atoms with Crippen LogP contribution in [-0.4, -0.2) is 49.8 Å². The van der Waals surface area contributed by atoms with Gasteiger partial charge in [-0.15, -0.1) is 0 Å². The molecule has 2 aromatic rings. The van der Waals surface area contributed by atoms with Crippen molar-refractivity contribution in [3.05, 3.63) is 103 Å². The highest BCUT2D eigenvalue weighted by atomic mass is 79.9. The van der Waals surface area contributed by atoms with Crippen LogP contribution in [0.15, 0.2) is 91.5 Å². The summed E-state index contributed by atoms with van der Waals surface area (Å²) in [6, 6.07) is 13.3. The molecule has 2 atom stereocenters. The minimum absolute atomic E-state index is 0.136. The fourth-order valence-corrected chi connectivity index (χ4v) is 8.04. The third-order valence-corrected chi connectivity index (χ3v) is 11.6. The number of halogens is 3. The van der Waals surface area contributed by atoms with Crippen molar-refractivity contribution in [1.29, 1.82) is 0 Å². The predicted molar refractivity (Wildman–Crippen MR) is 201 cm³/mol. The van der Waals surface area contributed by atoms with E-state index in [-0.39, 0.29) is 23.0 Å². The monoisotopic (exact) mass is 769 g/mol. The molecule has 5 rings (SSSR count). The first kappa shape index (κ1) is 35.3. The van der Waals surface area contributed by atoms with Gasteiger partial charge in [-0.3, -0.25) is 0 Å². The number of methoxy groups -OCH3 is 2. The van der Waals surface area contributed by atoms with Gasteiger partial charge in [-0.05, 0) is 100 Å². The normalized spacial score (nSPS) is 21.7. The van der Waals surface area contributed by atoms with Crippen LogP contribution in [0.3, 0.4) is 0 Å². The molecule has 0 aromatic heterocycles. The van der Waals surface area contributed by atoms with Crippen molar-refractivity contribution in [1.82, 2.24) is 0 Å². The topological polar surface area (TPSA) is 24.7 Å². The Morgan fingerprint density at radius 2 is 1.52 bits per heavy atom. The van der Waals surface area contributed by atoms with Crippen molar-refractivity contribution >= 4 is 60.5 Å². The number of hydrogen-bond acceptors (Lipinski definition) is 3. The van der Waals surface area contributed by atoms with E-state index in [1.165, 1.54) is 45.1 Å². The second-order valence-electron chi connectivity index (χ2n) is 13.8. The molecule has 0 N–H and O–H groups in total. The van der Waals surface area contributed by atoms with Crippen LogP contribution < -0.4 is 4.90 Å². The first-order chi connectivity index (χ1) is 21.8. The standard InChI is InChI=1S/C39H48Br2ClN2O2/c1-25(45-7)19-21-43-33-15-13-29(40)23-31(33)38(3,4)35(43)17-11-27-9-10-28(37(27)42)12-18-36-39(5,6)32-24-30(41)14-16-34(32)44(36)22-20-26(2)46-8/h11-18,23-26H,9-10,19-22H2,1-8H3/q+1. The highest BCUT2D eigenvalue weighted by Crippen LogP contribution is 2.49. The molecule has 0 spiro atoms. The van der Waals surface area contributed by atoms with E-state index < -0.39 is 0 Å². The third-order valence-electron chi connectivity index (χ3n) is 10.1. The zero-order valence-corrected chi connectivity index (χ0v) is 32.4. The lowest BCUT2D eigenvalue weighted by Gasteiger charge is -2.28. The molecule has 0 fully saturated rings. The maximum absolute atomic E-state index is 7.14. The molecule has 0 amide bonds. The van der Waals surface area contributed by atoms with Gasteiger partial charge in [-0.25, -0.2) is 0 Å². The molecule has 2 aliphatic heterocycles. The van der Waals surface area contributed by atoms with Crippen LogP contribution in [0.4, 0.5) is 11.4 Å². The van der Waals surface area contributed by atoms with Crippen molar-refractivity contribution in [3.8, 4) is 0 Å². The summed E-state index contributed by atoms with van der Waals surface area (Å²) in [7, 11) is 3.57. The average Bonchev–Trinajstić information content (AvgIpc) is 3.55. The Morgan fingerprint density at radius 1 is 0.870 bits per heavy atom. The molecular formula is C39H48Br2ClN2O2+. The molecule has 3 aliphatic rings. The van der Waals surface area contributed by atoms with Crippen LogP contribution in [-0.2, 0) is 20.3 Å². The predicted octanol–water partition coefficient (Wildman–Crippen LogP) is 10.9. The Balaban J connectivity index is 1.46. The zero-order valence-electron chi connectivity index (χ0n) is 28.5. The Kier molecular flexibility index (Phi) is 11.0. The first-order valence-corrected chi connectivity index (χ1v) is 18.3. The van der Waals surface area contributed by atoms with E-state index in [1.54, 1.807) is 14.2 Å². The number of benzene rings is 2. The van der Waals surface area contributed by atoms with Gasteiger partial charge in [0.05, 0.1) is 17.6 Å². The van der Waals surface area contributed by atoms with E-state index in [0.717, 1.165) is 52.8 Å². The number of hydrogen-bond donors (Lipinski definition) is 0. The number of rotatable bonds is 11. The van der Waals surface area contributed by atoms with Crippen LogP contribution >= 0.6 is 43.5 Å². The maximum atomic E-state index is 7.14. The largest absolute Gasteiger partial charge is 0.382 e. The van der Waals surface area contributed by atoms with E-state index >= 15 is 0 Å². The van der Waals surface area contributed by atoms with Gasteiger partial charge in [0.2, 0.25) is 5.69 Å². The van der Waals surface area contributed by atoms with Gasteiger partial charge in [0.15, 0.2) is 12.3 Å². The van der Waals surface area contributed by atoms with Crippen molar-refractivity contribution < 1.29 is 14.0 Å². The highest BCUT2D eigenvalue weighted by Gasteiger charge is 2.44. The molecule has 2 aromatic carbocycles. The Hall–Kier alpha value is -1.96. The average molecular weight is 772 g/mol. The van der Waals surface area contributed by atoms with Crippen LogP contribution in [0.1, 0.15) is 78.4 Å². The lowest BCUT2D eigenvalue weighted by Crippen LogP contribution is -2.28. The highest BCUT2D eigenvalue weighted by molar-refractivity contribution is 9.10. The molecule has 0 radical (unpaired) electrons. The molecule has 7 heteroatoms. The molecule has 2 unspecified atom stereocenters. The van der Waals surface area contributed by atoms with Gasteiger partial charge < -0.3 is 14.4 Å². The smallest absolute Gasteiger partial charge is 0.209 e. The second kappa shape index (κ2) is 14.3. The zero-order chi connectivity index (χ0) is 33.4.